The maximum absolute atomic E-state index is 11.6. The lowest BCUT2D eigenvalue weighted by atomic mass is 10.1. The van der Waals surface area contributed by atoms with Crippen molar-refractivity contribution in [3.63, 3.8) is 0 Å². The lowest BCUT2D eigenvalue weighted by Crippen LogP contribution is -2.29. The highest BCUT2D eigenvalue weighted by molar-refractivity contribution is 5.71. The van der Waals surface area contributed by atoms with Crippen molar-refractivity contribution in [1.29, 1.82) is 0 Å². The topological polar surface area (TPSA) is 98.9 Å². The van der Waals surface area contributed by atoms with Crippen molar-refractivity contribution >= 4 is 17.0 Å². The van der Waals surface area contributed by atoms with Crippen LogP contribution in [0.15, 0.2) is 36.5 Å². The van der Waals surface area contributed by atoms with Crippen molar-refractivity contribution in [3.8, 4) is 17.0 Å². The number of hydrogen-bond donors (Lipinski definition) is 1. The molecule has 8 nitrogen and oxygen atoms in total. The SMILES string of the molecule is CCOc1ccc(-c2nc3ccc(N)cn3c2CN2CCCCC2)cc1[N+](=O)[O-]. The Morgan fingerprint density at radius 1 is 1.21 bits per heavy atom. The summed E-state index contributed by atoms with van der Waals surface area (Å²) in [6, 6.07) is 8.73. The number of nitro groups is 1. The predicted octanol–water partition coefficient (Wildman–Crippen LogP) is 3.88. The first-order valence-electron chi connectivity index (χ1n) is 9.97. The summed E-state index contributed by atoms with van der Waals surface area (Å²) < 4.78 is 7.43. The van der Waals surface area contributed by atoms with E-state index in [-0.39, 0.29) is 11.4 Å². The van der Waals surface area contributed by atoms with Crippen LogP contribution in [0.1, 0.15) is 31.9 Å². The molecular weight excluding hydrogens is 370 g/mol. The van der Waals surface area contributed by atoms with Crippen LogP contribution in [0.2, 0.25) is 0 Å². The van der Waals surface area contributed by atoms with E-state index in [9.17, 15) is 10.1 Å². The number of ether oxygens (including phenoxy) is 1. The van der Waals surface area contributed by atoms with E-state index in [2.05, 4.69) is 4.90 Å². The Kier molecular flexibility index (Phi) is 5.35. The molecule has 0 spiro atoms. The van der Waals surface area contributed by atoms with Crippen LogP contribution in [-0.4, -0.2) is 38.9 Å². The number of imidazole rings is 1. The molecule has 8 heteroatoms. The Morgan fingerprint density at radius 2 is 2.00 bits per heavy atom. The first-order valence-corrected chi connectivity index (χ1v) is 9.97. The molecule has 1 aromatic carbocycles. The van der Waals surface area contributed by atoms with E-state index in [0.717, 1.165) is 36.7 Å². The minimum absolute atomic E-state index is 0.0511. The van der Waals surface area contributed by atoms with Crippen LogP contribution >= 0.6 is 0 Å². The molecule has 2 N–H and O–H groups in total. The third-order valence-corrected chi connectivity index (χ3v) is 5.29. The molecule has 0 saturated carbocycles. The zero-order valence-electron chi connectivity index (χ0n) is 16.5. The smallest absolute Gasteiger partial charge is 0.311 e. The zero-order chi connectivity index (χ0) is 20.4. The predicted molar refractivity (Wildman–Crippen MR) is 112 cm³/mol. The number of nitrogens with zero attached hydrogens (tertiary/aromatic N) is 4. The van der Waals surface area contributed by atoms with Gasteiger partial charge in [0.15, 0.2) is 5.75 Å². The third kappa shape index (κ3) is 3.88. The monoisotopic (exact) mass is 395 g/mol. The normalized spacial score (nSPS) is 14.9. The van der Waals surface area contributed by atoms with Crippen molar-refractivity contribution in [2.45, 2.75) is 32.7 Å². The van der Waals surface area contributed by atoms with Crippen LogP contribution in [0.4, 0.5) is 11.4 Å². The fourth-order valence-electron chi connectivity index (χ4n) is 3.91. The molecule has 0 bridgehead atoms. The van der Waals surface area contributed by atoms with E-state index in [0.29, 0.717) is 17.9 Å². The van der Waals surface area contributed by atoms with Gasteiger partial charge in [-0.15, -0.1) is 0 Å². The number of benzene rings is 1. The minimum atomic E-state index is -0.410. The summed E-state index contributed by atoms with van der Waals surface area (Å²) >= 11 is 0. The van der Waals surface area contributed by atoms with Gasteiger partial charge >= 0.3 is 5.69 Å². The first kappa shape index (κ1) is 19.2. The van der Waals surface area contributed by atoms with Crippen LogP contribution in [-0.2, 0) is 6.54 Å². The highest BCUT2D eigenvalue weighted by Gasteiger charge is 2.22. The fourth-order valence-corrected chi connectivity index (χ4v) is 3.91. The summed E-state index contributed by atoms with van der Waals surface area (Å²) in [5, 5.41) is 11.6. The van der Waals surface area contributed by atoms with Crippen molar-refractivity contribution in [2.75, 3.05) is 25.4 Å². The fraction of sp³-hybridized carbons (Fsp3) is 0.381. The number of nitrogens with two attached hydrogens (primary N) is 1. The number of pyridine rings is 1. The van der Waals surface area contributed by atoms with E-state index in [1.54, 1.807) is 19.1 Å². The van der Waals surface area contributed by atoms with Crippen molar-refractivity contribution < 1.29 is 9.66 Å². The van der Waals surface area contributed by atoms with Gasteiger partial charge in [0.25, 0.3) is 0 Å². The van der Waals surface area contributed by atoms with Gasteiger partial charge in [0.2, 0.25) is 0 Å². The van der Waals surface area contributed by atoms with Crippen molar-refractivity contribution in [2.24, 2.45) is 0 Å². The van der Waals surface area contributed by atoms with E-state index in [1.165, 1.54) is 19.3 Å². The number of fused-ring (bicyclic) bond motifs is 1. The Hall–Kier alpha value is -3.13. The van der Waals surface area contributed by atoms with Crippen LogP contribution in [0.3, 0.4) is 0 Å². The van der Waals surface area contributed by atoms with Gasteiger partial charge in [-0.2, -0.15) is 0 Å². The summed E-state index contributed by atoms with van der Waals surface area (Å²) in [4.78, 5) is 18.4. The number of piperidine rings is 1. The van der Waals surface area contributed by atoms with Crippen LogP contribution in [0, 0.1) is 10.1 Å². The Bertz CT molecular complexity index is 1040. The van der Waals surface area contributed by atoms with Gasteiger partial charge in [0.05, 0.1) is 22.9 Å². The molecule has 0 aliphatic carbocycles. The van der Waals surface area contributed by atoms with E-state index in [1.807, 2.05) is 28.8 Å². The molecule has 3 heterocycles. The van der Waals surface area contributed by atoms with Gasteiger partial charge < -0.3 is 14.9 Å². The lowest BCUT2D eigenvalue weighted by Gasteiger charge is -2.26. The number of rotatable bonds is 6. The molecule has 0 atom stereocenters. The largest absolute Gasteiger partial charge is 0.487 e. The average molecular weight is 395 g/mol. The van der Waals surface area contributed by atoms with Crippen LogP contribution in [0.25, 0.3) is 16.9 Å². The molecule has 1 fully saturated rings. The lowest BCUT2D eigenvalue weighted by molar-refractivity contribution is -0.385. The second-order valence-electron chi connectivity index (χ2n) is 7.31. The van der Waals surface area contributed by atoms with Gasteiger partial charge in [-0.3, -0.25) is 15.0 Å². The maximum atomic E-state index is 11.6. The Morgan fingerprint density at radius 3 is 2.72 bits per heavy atom. The number of anilines is 1. The first-order chi connectivity index (χ1) is 14.1. The second kappa shape index (κ2) is 8.08. The molecule has 2 aromatic heterocycles. The molecule has 0 radical (unpaired) electrons. The van der Waals surface area contributed by atoms with E-state index in [4.69, 9.17) is 15.5 Å². The van der Waals surface area contributed by atoms with Crippen LogP contribution in [0.5, 0.6) is 5.75 Å². The zero-order valence-corrected chi connectivity index (χ0v) is 16.5. The molecule has 1 saturated heterocycles. The summed E-state index contributed by atoms with van der Waals surface area (Å²) in [7, 11) is 0. The van der Waals surface area contributed by atoms with E-state index >= 15 is 0 Å². The van der Waals surface area contributed by atoms with Gasteiger partial charge in [-0.05, 0) is 57.1 Å². The number of nitro benzene ring substituents is 1. The van der Waals surface area contributed by atoms with E-state index < -0.39 is 4.92 Å². The van der Waals surface area contributed by atoms with Gasteiger partial charge in [0, 0.05) is 30.1 Å². The Labute approximate surface area is 169 Å². The molecule has 0 unspecified atom stereocenters. The Balaban J connectivity index is 1.83. The second-order valence-corrected chi connectivity index (χ2v) is 7.31. The number of nitrogen functional groups attached to an aromatic ring is 1. The van der Waals surface area contributed by atoms with Crippen molar-refractivity contribution in [3.05, 3.63) is 52.3 Å². The summed E-state index contributed by atoms with van der Waals surface area (Å²) in [5.41, 5.74) is 9.84. The molecule has 3 aromatic rings. The van der Waals surface area contributed by atoms with Gasteiger partial charge in [-0.1, -0.05) is 6.42 Å². The minimum Gasteiger partial charge on any atom is -0.487 e. The van der Waals surface area contributed by atoms with Gasteiger partial charge in [-0.25, -0.2) is 4.98 Å². The quantitative estimate of drug-likeness (QED) is 0.502. The third-order valence-electron chi connectivity index (χ3n) is 5.29. The van der Waals surface area contributed by atoms with Crippen molar-refractivity contribution in [1.82, 2.24) is 14.3 Å². The highest BCUT2D eigenvalue weighted by atomic mass is 16.6. The highest BCUT2D eigenvalue weighted by Crippen LogP contribution is 2.34. The summed E-state index contributed by atoms with van der Waals surface area (Å²) in [5.74, 6) is 0.270. The number of likely N-dealkylation sites (tertiary alicyclic amines) is 1. The molecule has 29 heavy (non-hydrogen) atoms. The van der Waals surface area contributed by atoms with Gasteiger partial charge in [0.1, 0.15) is 5.65 Å². The number of aromatic nitrogens is 2. The average Bonchev–Trinajstić information content (AvgIpc) is 3.07. The number of hydrogen-bond acceptors (Lipinski definition) is 6. The molecule has 4 rings (SSSR count). The summed E-state index contributed by atoms with van der Waals surface area (Å²) in [6.45, 7) is 4.98. The molecule has 0 amide bonds. The maximum Gasteiger partial charge on any atom is 0.311 e. The molecular formula is C21H25N5O3. The summed E-state index contributed by atoms with van der Waals surface area (Å²) in [6.07, 6.45) is 5.49. The standard InChI is InChI=1S/C21H25N5O3/c1-2-29-19-8-6-15(12-17(19)26(27)28)21-18(14-24-10-4-3-5-11-24)25-13-16(22)7-9-20(25)23-21/h6-9,12-13H,2-5,10-11,14,22H2,1H3. The molecule has 152 valence electrons. The molecule has 1 aliphatic heterocycles. The molecule has 1 aliphatic rings. The van der Waals surface area contributed by atoms with Crippen LogP contribution < -0.4 is 10.5 Å².